The Morgan fingerprint density at radius 2 is 2.33 bits per heavy atom. The van der Waals surface area contributed by atoms with E-state index < -0.39 is 0 Å². The SMILES string of the molecule is Cl.O=C(c1cc(Cl)c[nH]1)N1CCNCC1c1cccnc1. The first-order valence-electron chi connectivity index (χ1n) is 6.51. The van der Waals surface area contributed by atoms with Crippen molar-refractivity contribution in [1.82, 2.24) is 20.2 Å². The van der Waals surface area contributed by atoms with Gasteiger partial charge in [-0.3, -0.25) is 9.78 Å². The van der Waals surface area contributed by atoms with Gasteiger partial charge in [-0.2, -0.15) is 0 Å². The predicted molar refractivity (Wildman–Crippen MR) is 83.9 cm³/mol. The zero-order chi connectivity index (χ0) is 13.9. The smallest absolute Gasteiger partial charge is 0.270 e. The zero-order valence-corrected chi connectivity index (χ0v) is 12.8. The van der Waals surface area contributed by atoms with Crippen molar-refractivity contribution in [1.29, 1.82) is 0 Å². The molecule has 1 unspecified atom stereocenters. The van der Waals surface area contributed by atoms with Gasteiger partial charge in [0.2, 0.25) is 0 Å². The van der Waals surface area contributed by atoms with Crippen molar-refractivity contribution in [3.8, 4) is 0 Å². The molecule has 1 aliphatic rings. The zero-order valence-electron chi connectivity index (χ0n) is 11.3. The highest BCUT2D eigenvalue weighted by molar-refractivity contribution is 6.30. The van der Waals surface area contributed by atoms with Crippen LogP contribution in [0.15, 0.2) is 36.8 Å². The van der Waals surface area contributed by atoms with Crippen molar-refractivity contribution in [2.24, 2.45) is 0 Å². The Kier molecular flexibility index (Phi) is 5.22. The van der Waals surface area contributed by atoms with Crippen molar-refractivity contribution in [3.05, 3.63) is 53.1 Å². The van der Waals surface area contributed by atoms with Gasteiger partial charge in [0.25, 0.3) is 5.91 Å². The minimum absolute atomic E-state index is 0. The Hall–Kier alpha value is -1.56. The summed E-state index contributed by atoms with van der Waals surface area (Å²) in [5.74, 6) is -0.0350. The Balaban J connectivity index is 0.00000161. The average molecular weight is 327 g/mol. The van der Waals surface area contributed by atoms with Gasteiger partial charge in [0, 0.05) is 38.2 Å². The lowest BCUT2D eigenvalue weighted by atomic mass is 10.0. The van der Waals surface area contributed by atoms with Gasteiger partial charge < -0.3 is 15.2 Å². The highest BCUT2D eigenvalue weighted by atomic mass is 35.5. The second-order valence-electron chi connectivity index (χ2n) is 4.74. The summed E-state index contributed by atoms with van der Waals surface area (Å²) in [6, 6.07) is 5.53. The van der Waals surface area contributed by atoms with E-state index in [0.717, 1.165) is 18.7 Å². The number of halogens is 2. The third-order valence-corrected chi connectivity index (χ3v) is 3.67. The first kappa shape index (κ1) is 15.8. The van der Waals surface area contributed by atoms with Gasteiger partial charge in [-0.25, -0.2) is 0 Å². The van der Waals surface area contributed by atoms with Crippen LogP contribution in [0.1, 0.15) is 22.1 Å². The van der Waals surface area contributed by atoms with E-state index in [9.17, 15) is 4.79 Å². The van der Waals surface area contributed by atoms with E-state index in [4.69, 9.17) is 11.6 Å². The highest BCUT2D eigenvalue weighted by Gasteiger charge is 2.29. The fourth-order valence-electron chi connectivity index (χ4n) is 2.46. The topological polar surface area (TPSA) is 61.0 Å². The molecule has 3 heterocycles. The van der Waals surface area contributed by atoms with Crippen LogP contribution in [0.2, 0.25) is 5.02 Å². The first-order valence-corrected chi connectivity index (χ1v) is 6.89. The minimum atomic E-state index is -0.0350. The second-order valence-corrected chi connectivity index (χ2v) is 5.17. The lowest BCUT2D eigenvalue weighted by molar-refractivity contribution is 0.0628. The average Bonchev–Trinajstić information content (AvgIpc) is 2.94. The molecule has 0 bridgehead atoms. The Labute approximate surface area is 134 Å². The molecule has 7 heteroatoms. The van der Waals surface area contributed by atoms with Crippen molar-refractivity contribution < 1.29 is 4.79 Å². The van der Waals surface area contributed by atoms with Crippen LogP contribution >= 0.6 is 24.0 Å². The molecule has 3 rings (SSSR count). The van der Waals surface area contributed by atoms with Crippen molar-refractivity contribution in [3.63, 3.8) is 0 Å². The number of nitrogens with one attached hydrogen (secondary N) is 2. The van der Waals surface area contributed by atoms with E-state index in [0.29, 0.717) is 17.3 Å². The van der Waals surface area contributed by atoms with Crippen LogP contribution in [0.4, 0.5) is 0 Å². The van der Waals surface area contributed by atoms with E-state index in [2.05, 4.69) is 15.3 Å². The number of nitrogens with zero attached hydrogens (tertiary/aromatic N) is 2. The third kappa shape index (κ3) is 3.37. The molecule has 0 radical (unpaired) electrons. The molecule has 1 aliphatic heterocycles. The molecule has 2 N–H and O–H groups in total. The fraction of sp³-hybridized carbons (Fsp3) is 0.286. The fourth-order valence-corrected chi connectivity index (χ4v) is 2.63. The summed E-state index contributed by atoms with van der Waals surface area (Å²) in [4.78, 5) is 21.5. The molecule has 0 spiro atoms. The van der Waals surface area contributed by atoms with Crippen LogP contribution in [-0.2, 0) is 0 Å². The molecule has 1 amide bonds. The van der Waals surface area contributed by atoms with Gasteiger partial charge in [-0.05, 0) is 17.7 Å². The summed E-state index contributed by atoms with van der Waals surface area (Å²) >= 11 is 5.87. The summed E-state index contributed by atoms with van der Waals surface area (Å²) in [5, 5.41) is 3.86. The largest absolute Gasteiger partial charge is 0.356 e. The predicted octanol–water partition coefficient (Wildman–Crippen LogP) is 2.27. The molecular weight excluding hydrogens is 311 g/mol. The van der Waals surface area contributed by atoms with Gasteiger partial charge in [0.15, 0.2) is 0 Å². The van der Waals surface area contributed by atoms with Crippen LogP contribution in [0, 0.1) is 0 Å². The molecule has 21 heavy (non-hydrogen) atoms. The number of piperazine rings is 1. The molecular formula is C14H16Cl2N4O. The maximum atomic E-state index is 12.6. The number of H-pyrrole nitrogens is 1. The number of carbonyl (C=O) groups is 1. The first-order chi connectivity index (χ1) is 9.75. The van der Waals surface area contributed by atoms with Gasteiger partial charge >= 0.3 is 0 Å². The van der Waals surface area contributed by atoms with Crippen LogP contribution in [0.5, 0.6) is 0 Å². The molecule has 2 aromatic heterocycles. The maximum absolute atomic E-state index is 12.6. The second kappa shape index (κ2) is 6.93. The van der Waals surface area contributed by atoms with Crippen LogP contribution < -0.4 is 5.32 Å². The summed E-state index contributed by atoms with van der Waals surface area (Å²) < 4.78 is 0. The van der Waals surface area contributed by atoms with Crippen molar-refractivity contribution >= 4 is 29.9 Å². The number of carbonyl (C=O) groups excluding carboxylic acids is 1. The number of hydrogen-bond acceptors (Lipinski definition) is 3. The van der Waals surface area contributed by atoms with E-state index >= 15 is 0 Å². The normalized spacial score (nSPS) is 18.1. The highest BCUT2D eigenvalue weighted by Crippen LogP contribution is 2.24. The Bertz CT molecular complexity index is 602. The van der Waals surface area contributed by atoms with E-state index in [1.165, 1.54) is 0 Å². The van der Waals surface area contributed by atoms with Gasteiger partial charge in [0.05, 0.1) is 11.1 Å². The standard InChI is InChI=1S/C14H15ClN4O.ClH/c15-11-6-12(18-8-11)14(20)19-5-4-17-9-13(19)10-2-1-3-16-7-10;/h1-3,6-8,13,17-18H,4-5,9H2;1H. The summed E-state index contributed by atoms with van der Waals surface area (Å²) in [6.45, 7) is 2.18. The minimum Gasteiger partial charge on any atom is -0.356 e. The Morgan fingerprint density at radius 3 is 3.00 bits per heavy atom. The number of amides is 1. The van der Waals surface area contributed by atoms with Crippen LogP contribution in [0.3, 0.4) is 0 Å². The molecule has 0 aromatic carbocycles. The number of pyridine rings is 1. The Morgan fingerprint density at radius 1 is 1.48 bits per heavy atom. The molecule has 5 nitrogen and oxygen atoms in total. The molecule has 1 atom stereocenters. The lowest BCUT2D eigenvalue weighted by Crippen LogP contribution is -2.48. The summed E-state index contributed by atoms with van der Waals surface area (Å²) in [5.41, 5.74) is 1.55. The quantitative estimate of drug-likeness (QED) is 0.890. The van der Waals surface area contributed by atoms with Gasteiger partial charge in [-0.15, -0.1) is 12.4 Å². The third-order valence-electron chi connectivity index (χ3n) is 3.45. The van der Waals surface area contributed by atoms with Crippen molar-refractivity contribution in [2.45, 2.75) is 6.04 Å². The number of rotatable bonds is 2. The van der Waals surface area contributed by atoms with Gasteiger partial charge in [0.1, 0.15) is 5.69 Å². The van der Waals surface area contributed by atoms with Crippen LogP contribution in [-0.4, -0.2) is 40.4 Å². The molecule has 112 valence electrons. The van der Waals surface area contributed by atoms with E-state index in [1.54, 1.807) is 24.7 Å². The summed E-state index contributed by atoms with van der Waals surface area (Å²) in [6.07, 6.45) is 5.16. The molecule has 1 saturated heterocycles. The molecule has 2 aromatic rings. The number of aromatic nitrogens is 2. The monoisotopic (exact) mass is 326 g/mol. The molecule has 1 fully saturated rings. The maximum Gasteiger partial charge on any atom is 0.270 e. The number of hydrogen-bond donors (Lipinski definition) is 2. The molecule has 0 aliphatic carbocycles. The molecule has 0 saturated carbocycles. The van der Waals surface area contributed by atoms with E-state index in [-0.39, 0.29) is 24.4 Å². The number of aromatic amines is 1. The van der Waals surface area contributed by atoms with Gasteiger partial charge in [-0.1, -0.05) is 17.7 Å². The summed E-state index contributed by atoms with van der Waals surface area (Å²) in [7, 11) is 0. The van der Waals surface area contributed by atoms with Crippen LogP contribution in [0.25, 0.3) is 0 Å². The van der Waals surface area contributed by atoms with E-state index in [1.807, 2.05) is 17.0 Å². The van der Waals surface area contributed by atoms with Crippen molar-refractivity contribution in [2.75, 3.05) is 19.6 Å². The lowest BCUT2D eigenvalue weighted by Gasteiger charge is -2.36.